The lowest BCUT2D eigenvalue weighted by Gasteiger charge is -2.33. The van der Waals surface area contributed by atoms with Crippen LogP contribution >= 0.6 is 12.4 Å². The Morgan fingerprint density at radius 3 is 2.65 bits per heavy atom. The lowest BCUT2D eigenvalue weighted by atomic mass is 10.0. The van der Waals surface area contributed by atoms with Crippen molar-refractivity contribution in [3.05, 3.63) is 30.3 Å². The standard InChI is InChI=1S/C18H27N3O3S.ClH/c22-18(20-12-10-15-9-11-19-14-15)17-8-4-5-13-21(17)25(23,24)16-6-2-1-3-7-16;/h1-3,6-7,15,17,19H,4-5,8-14H2,(H,20,22);1H. The van der Waals surface area contributed by atoms with Gasteiger partial charge < -0.3 is 10.6 Å². The van der Waals surface area contributed by atoms with Gasteiger partial charge in [-0.1, -0.05) is 24.6 Å². The third kappa shape index (κ3) is 4.97. The van der Waals surface area contributed by atoms with Crippen LogP contribution in [0.25, 0.3) is 0 Å². The summed E-state index contributed by atoms with van der Waals surface area (Å²) < 4.78 is 27.2. The first-order valence-electron chi connectivity index (χ1n) is 9.14. The van der Waals surface area contributed by atoms with Gasteiger partial charge in [-0.15, -0.1) is 12.4 Å². The van der Waals surface area contributed by atoms with Gasteiger partial charge in [0, 0.05) is 13.1 Å². The normalized spacial score (nSPS) is 24.0. The Hall–Kier alpha value is -1.15. The molecule has 2 heterocycles. The molecule has 1 aromatic carbocycles. The topological polar surface area (TPSA) is 78.5 Å². The lowest BCUT2D eigenvalue weighted by molar-refractivity contribution is -0.125. The van der Waals surface area contributed by atoms with E-state index in [9.17, 15) is 13.2 Å². The number of halogens is 1. The summed E-state index contributed by atoms with van der Waals surface area (Å²) in [4.78, 5) is 12.9. The monoisotopic (exact) mass is 401 g/mol. The summed E-state index contributed by atoms with van der Waals surface area (Å²) >= 11 is 0. The van der Waals surface area contributed by atoms with Crippen LogP contribution in [-0.4, -0.2) is 50.9 Å². The molecule has 1 aromatic rings. The molecule has 2 unspecified atom stereocenters. The van der Waals surface area contributed by atoms with Gasteiger partial charge in [-0.05, 0) is 56.8 Å². The van der Waals surface area contributed by atoms with Crippen molar-refractivity contribution in [2.45, 2.75) is 43.0 Å². The van der Waals surface area contributed by atoms with Gasteiger partial charge in [0.25, 0.3) is 0 Å². The third-order valence-corrected chi connectivity index (χ3v) is 7.04. The zero-order valence-electron chi connectivity index (χ0n) is 14.9. The van der Waals surface area contributed by atoms with Crippen LogP contribution < -0.4 is 10.6 Å². The smallest absolute Gasteiger partial charge is 0.243 e. The summed E-state index contributed by atoms with van der Waals surface area (Å²) in [7, 11) is -3.63. The predicted molar refractivity (Wildman–Crippen MR) is 104 cm³/mol. The quantitative estimate of drug-likeness (QED) is 0.761. The minimum atomic E-state index is -3.63. The van der Waals surface area contributed by atoms with Crippen LogP contribution in [0.1, 0.15) is 32.1 Å². The number of sulfonamides is 1. The molecule has 2 atom stereocenters. The van der Waals surface area contributed by atoms with Crippen LogP contribution in [0.4, 0.5) is 0 Å². The zero-order valence-corrected chi connectivity index (χ0v) is 16.5. The number of piperidine rings is 1. The molecule has 3 rings (SSSR count). The molecule has 2 N–H and O–H groups in total. The van der Waals surface area contributed by atoms with E-state index in [2.05, 4.69) is 10.6 Å². The molecular weight excluding hydrogens is 374 g/mol. The van der Waals surface area contributed by atoms with E-state index < -0.39 is 16.1 Å². The van der Waals surface area contributed by atoms with Crippen LogP contribution in [0.2, 0.25) is 0 Å². The minimum Gasteiger partial charge on any atom is -0.355 e. The van der Waals surface area contributed by atoms with Crippen molar-refractivity contribution in [1.82, 2.24) is 14.9 Å². The summed E-state index contributed by atoms with van der Waals surface area (Å²) in [6, 6.07) is 7.79. The number of carbonyl (C=O) groups is 1. The van der Waals surface area contributed by atoms with Crippen LogP contribution in [-0.2, 0) is 14.8 Å². The summed E-state index contributed by atoms with van der Waals surface area (Å²) in [6.45, 7) is 3.07. The van der Waals surface area contributed by atoms with E-state index >= 15 is 0 Å². The first kappa shape index (κ1) is 21.2. The van der Waals surface area contributed by atoms with Crippen LogP contribution in [0.5, 0.6) is 0 Å². The molecule has 0 aliphatic carbocycles. The van der Waals surface area contributed by atoms with Crippen molar-refractivity contribution in [1.29, 1.82) is 0 Å². The van der Waals surface area contributed by atoms with Gasteiger partial charge in [0.2, 0.25) is 15.9 Å². The maximum atomic E-state index is 12.9. The number of rotatable bonds is 6. The summed E-state index contributed by atoms with van der Waals surface area (Å²) in [5.41, 5.74) is 0. The molecule has 0 bridgehead atoms. The minimum absolute atomic E-state index is 0. The highest BCUT2D eigenvalue weighted by atomic mass is 35.5. The Balaban J connectivity index is 0.00000243. The fourth-order valence-corrected chi connectivity index (χ4v) is 5.34. The van der Waals surface area contributed by atoms with Crippen molar-refractivity contribution in [2.24, 2.45) is 5.92 Å². The fourth-order valence-electron chi connectivity index (χ4n) is 3.66. The summed E-state index contributed by atoms with van der Waals surface area (Å²) in [6.07, 6.45) is 4.35. The van der Waals surface area contributed by atoms with Crippen LogP contribution in [0.15, 0.2) is 35.2 Å². The van der Waals surface area contributed by atoms with E-state index in [1.165, 1.54) is 4.31 Å². The number of carbonyl (C=O) groups excluding carboxylic acids is 1. The van der Waals surface area contributed by atoms with Gasteiger partial charge in [-0.25, -0.2) is 8.42 Å². The van der Waals surface area contributed by atoms with E-state index in [1.807, 2.05) is 0 Å². The molecule has 2 saturated heterocycles. The Bertz CT molecular complexity index is 678. The largest absolute Gasteiger partial charge is 0.355 e. The van der Waals surface area contributed by atoms with Gasteiger partial charge in [0.1, 0.15) is 6.04 Å². The van der Waals surface area contributed by atoms with E-state index in [0.717, 1.165) is 38.8 Å². The van der Waals surface area contributed by atoms with Gasteiger partial charge >= 0.3 is 0 Å². The molecule has 8 heteroatoms. The number of hydrogen-bond donors (Lipinski definition) is 2. The molecule has 2 aliphatic heterocycles. The average Bonchev–Trinajstić information content (AvgIpc) is 3.16. The Morgan fingerprint density at radius 2 is 1.96 bits per heavy atom. The summed E-state index contributed by atoms with van der Waals surface area (Å²) in [5, 5.41) is 6.28. The number of amides is 1. The Labute approximate surface area is 162 Å². The van der Waals surface area contributed by atoms with Gasteiger partial charge in [0.05, 0.1) is 4.90 Å². The first-order valence-corrected chi connectivity index (χ1v) is 10.6. The maximum Gasteiger partial charge on any atom is 0.243 e. The second-order valence-electron chi connectivity index (χ2n) is 6.88. The van der Waals surface area contributed by atoms with E-state index in [1.54, 1.807) is 30.3 Å². The number of hydrogen-bond acceptors (Lipinski definition) is 4. The molecule has 0 spiro atoms. The summed E-state index contributed by atoms with van der Waals surface area (Å²) in [5.74, 6) is 0.445. The SMILES string of the molecule is Cl.O=C(NCCC1CCNC1)C1CCCCN1S(=O)(=O)c1ccccc1. The molecular formula is C18H28ClN3O3S. The predicted octanol–water partition coefficient (Wildman–Crippen LogP) is 1.77. The van der Waals surface area contributed by atoms with Crippen LogP contribution in [0, 0.1) is 5.92 Å². The Kier molecular flexibility index (Phi) is 7.88. The van der Waals surface area contributed by atoms with Crippen molar-refractivity contribution in [3.63, 3.8) is 0 Å². The molecule has 0 aromatic heterocycles. The highest BCUT2D eigenvalue weighted by molar-refractivity contribution is 7.89. The highest BCUT2D eigenvalue weighted by Gasteiger charge is 2.37. The molecule has 146 valence electrons. The van der Waals surface area contributed by atoms with E-state index in [0.29, 0.717) is 25.4 Å². The number of nitrogens with one attached hydrogen (secondary N) is 2. The first-order chi connectivity index (χ1) is 12.1. The number of benzene rings is 1. The van der Waals surface area contributed by atoms with Crippen molar-refractivity contribution < 1.29 is 13.2 Å². The van der Waals surface area contributed by atoms with Crippen molar-refractivity contribution >= 4 is 28.3 Å². The second-order valence-corrected chi connectivity index (χ2v) is 8.77. The highest BCUT2D eigenvalue weighted by Crippen LogP contribution is 2.25. The Morgan fingerprint density at radius 1 is 1.19 bits per heavy atom. The van der Waals surface area contributed by atoms with Crippen molar-refractivity contribution in [3.8, 4) is 0 Å². The van der Waals surface area contributed by atoms with Gasteiger partial charge in [-0.3, -0.25) is 4.79 Å². The molecule has 1 amide bonds. The molecule has 2 fully saturated rings. The van der Waals surface area contributed by atoms with Gasteiger partial charge in [-0.2, -0.15) is 4.31 Å². The lowest BCUT2D eigenvalue weighted by Crippen LogP contribution is -2.52. The maximum absolute atomic E-state index is 12.9. The molecule has 0 radical (unpaired) electrons. The average molecular weight is 402 g/mol. The molecule has 6 nitrogen and oxygen atoms in total. The van der Waals surface area contributed by atoms with E-state index in [-0.39, 0.29) is 23.2 Å². The second kappa shape index (κ2) is 9.69. The zero-order chi connectivity index (χ0) is 17.7. The molecule has 26 heavy (non-hydrogen) atoms. The van der Waals surface area contributed by atoms with E-state index in [4.69, 9.17) is 0 Å². The molecule has 0 saturated carbocycles. The third-order valence-electron chi connectivity index (χ3n) is 5.12. The van der Waals surface area contributed by atoms with Crippen LogP contribution in [0.3, 0.4) is 0 Å². The molecule has 2 aliphatic rings. The number of nitrogens with zero attached hydrogens (tertiary/aromatic N) is 1. The van der Waals surface area contributed by atoms with Gasteiger partial charge in [0.15, 0.2) is 0 Å². The fraction of sp³-hybridized carbons (Fsp3) is 0.611. The van der Waals surface area contributed by atoms with Crippen molar-refractivity contribution in [2.75, 3.05) is 26.2 Å².